The normalized spacial score (nSPS) is 17.4. The van der Waals surface area contributed by atoms with Gasteiger partial charge in [-0.1, -0.05) is 48.5 Å². The maximum absolute atomic E-state index is 12.6. The van der Waals surface area contributed by atoms with E-state index in [0.717, 1.165) is 11.1 Å². The summed E-state index contributed by atoms with van der Waals surface area (Å²) in [6, 6.07) is 15.9. The van der Waals surface area contributed by atoms with Gasteiger partial charge in [0.05, 0.1) is 0 Å². The van der Waals surface area contributed by atoms with Crippen LogP contribution >= 0.6 is 0 Å². The molecule has 0 aliphatic carbocycles. The number of carbonyl (C=O) groups is 2. The highest BCUT2D eigenvalue weighted by molar-refractivity contribution is 5.99. The second kappa shape index (κ2) is 5.40. The number of rotatable bonds is 3. The SMILES string of the molecule is O=C(O)C1Cc2ccccc2C(=O)N1Cc1ccccc1. The van der Waals surface area contributed by atoms with E-state index in [4.69, 9.17) is 0 Å². The fourth-order valence-electron chi connectivity index (χ4n) is 2.70. The molecule has 21 heavy (non-hydrogen) atoms. The minimum atomic E-state index is -0.964. The van der Waals surface area contributed by atoms with Crippen molar-refractivity contribution in [1.29, 1.82) is 0 Å². The zero-order chi connectivity index (χ0) is 14.8. The van der Waals surface area contributed by atoms with Crippen LogP contribution in [0.15, 0.2) is 54.6 Å². The molecule has 1 atom stereocenters. The molecule has 4 heteroatoms. The highest BCUT2D eigenvalue weighted by Gasteiger charge is 2.36. The van der Waals surface area contributed by atoms with E-state index in [0.29, 0.717) is 18.5 Å². The Hall–Kier alpha value is -2.62. The number of fused-ring (bicyclic) bond motifs is 1. The van der Waals surface area contributed by atoms with Crippen molar-refractivity contribution in [3.63, 3.8) is 0 Å². The molecule has 0 spiro atoms. The maximum atomic E-state index is 12.6. The Balaban J connectivity index is 1.97. The quantitative estimate of drug-likeness (QED) is 0.939. The number of hydrogen-bond acceptors (Lipinski definition) is 2. The van der Waals surface area contributed by atoms with Gasteiger partial charge in [0.15, 0.2) is 0 Å². The van der Waals surface area contributed by atoms with Crippen LogP contribution in [-0.2, 0) is 17.8 Å². The number of benzene rings is 2. The van der Waals surface area contributed by atoms with Crippen molar-refractivity contribution in [2.75, 3.05) is 0 Å². The zero-order valence-electron chi connectivity index (χ0n) is 11.4. The average Bonchev–Trinajstić information content (AvgIpc) is 2.51. The number of carbonyl (C=O) groups excluding carboxylic acids is 1. The van der Waals surface area contributed by atoms with Gasteiger partial charge < -0.3 is 10.0 Å². The maximum Gasteiger partial charge on any atom is 0.326 e. The molecule has 2 aromatic carbocycles. The van der Waals surface area contributed by atoms with Crippen LogP contribution in [-0.4, -0.2) is 27.9 Å². The van der Waals surface area contributed by atoms with Crippen molar-refractivity contribution in [3.8, 4) is 0 Å². The summed E-state index contributed by atoms with van der Waals surface area (Å²) in [5.41, 5.74) is 2.33. The molecule has 0 fully saturated rings. The van der Waals surface area contributed by atoms with E-state index in [2.05, 4.69) is 0 Å². The average molecular weight is 281 g/mol. The fraction of sp³-hybridized carbons (Fsp3) is 0.176. The molecule has 1 N–H and O–H groups in total. The monoisotopic (exact) mass is 281 g/mol. The van der Waals surface area contributed by atoms with E-state index < -0.39 is 12.0 Å². The molecule has 1 amide bonds. The van der Waals surface area contributed by atoms with Gasteiger partial charge in [-0.25, -0.2) is 4.79 Å². The topological polar surface area (TPSA) is 57.6 Å². The molecule has 1 heterocycles. The highest BCUT2D eigenvalue weighted by atomic mass is 16.4. The Morgan fingerprint density at radius 2 is 1.76 bits per heavy atom. The van der Waals surface area contributed by atoms with Gasteiger partial charge in [-0.2, -0.15) is 0 Å². The second-order valence-corrected chi connectivity index (χ2v) is 5.13. The third-order valence-corrected chi connectivity index (χ3v) is 3.78. The predicted molar refractivity (Wildman–Crippen MR) is 77.9 cm³/mol. The summed E-state index contributed by atoms with van der Waals surface area (Å²) in [5, 5.41) is 9.44. The molecular formula is C17H15NO3. The summed E-state index contributed by atoms with van der Waals surface area (Å²) in [5.74, 6) is -1.18. The molecule has 0 aromatic heterocycles. The van der Waals surface area contributed by atoms with Crippen molar-refractivity contribution in [3.05, 3.63) is 71.3 Å². The van der Waals surface area contributed by atoms with Crippen LogP contribution in [0.3, 0.4) is 0 Å². The molecule has 0 saturated heterocycles. The summed E-state index contributed by atoms with van der Waals surface area (Å²) in [6.45, 7) is 0.310. The first-order chi connectivity index (χ1) is 10.2. The van der Waals surface area contributed by atoms with E-state index in [1.807, 2.05) is 42.5 Å². The molecular weight excluding hydrogens is 266 g/mol. The van der Waals surface area contributed by atoms with E-state index in [-0.39, 0.29) is 5.91 Å². The highest BCUT2D eigenvalue weighted by Crippen LogP contribution is 2.25. The van der Waals surface area contributed by atoms with Crippen molar-refractivity contribution in [2.45, 2.75) is 19.0 Å². The predicted octanol–water partition coefficient (Wildman–Crippen LogP) is 2.34. The Morgan fingerprint density at radius 1 is 1.10 bits per heavy atom. The summed E-state index contributed by atoms with van der Waals surface area (Å²) in [7, 11) is 0. The van der Waals surface area contributed by atoms with Gasteiger partial charge in [0.1, 0.15) is 6.04 Å². The largest absolute Gasteiger partial charge is 0.480 e. The number of aliphatic carboxylic acids is 1. The van der Waals surface area contributed by atoms with E-state index in [1.54, 1.807) is 12.1 Å². The Morgan fingerprint density at radius 3 is 2.48 bits per heavy atom. The summed E-state index contributed by atoms with van der Waals surface area (Å²) in [4.78, 5) is 25.6. The standard InChI is InChI=1S/C17H15NO3/c19-16-14-9-5-4-8-13(14)10-15(17(20)21)18(16)11-12-6-2-1-3-7-12/h1-9,15H,10-11H2,(H,20,21). The van der Waals surface area contributed by atoms with Gasteiger partial charge in [0.25, 0.3) is 5.91 Å². The van der Waals surface area contributed by atoms with Crippen LogP contribution in [0.2, 0.25) is 0 Å². The van der Waals surface area contributed by atoms with E-state index in [1.165, 1.54) is 4.90 Å². The molecule has 2 aromatic rings. The lowest BCUT2D eigenvalue weighted by Crippen LogP contribution is -2.49. The molecule has 1 aliphatic rings. The number of amides is 1. The first-order valence-electron chi connectivity index (χ1n) is 6.82. The smallest absolute Gasteiger partial charge is 0.326 e. The van der Waals surface area contributed by atoms with Gasteiger partial charge in [-0.15, -0.1) is 0 Å². The summed E-state index contributed by atoms with van der Waals surface area (Å²) >= 11 is 0. The van der Waals surface area contributed by atoms with Crippen LogP contribution in [0, 0.1) is 0 Å². The van der Waals surface area contributed by atoms with Gasteiger partial charge in [-0.3, -0.25) is 4.79 Å². The van der Waals surface area contributed by atoms with Gasteiger partial charge in [-0.05, 0) is 17.2 Å². The Kier molecular flexibility index (Phi) is 3.44. The molecule has 106 valence electrons. The molecule has 4 nitrogen and oxygen atoms in total. The van der Waals surface area contributed by atoms with Crippen LogP contribution in [0.25, 0.3) is 0 Å². The van der Waals surface area contributed by atoms with Crippen LogP contribution in [0.5, 0.6) is 0 Å². The molecule has 1 unspecified atom stereocenters. The molecule has 3 rings (SSSR count). The van der Waals surface area contributed by atoms with E-state index >= 15 is 0 Å². The lowest BCUT2D eigenvalue weighted by atomic mass is 9.93. The van der Waals surface area contributed by atoms with Crippen molar-refractivity contribution in [2.24, 2.45) is 0 Å². The lowest BCUT2D eigenvalue weighted by molar-refractivity contribution is -0.142. The van der Waals surface area contributed by atoms with Crippen molar-refractivity contribution >= 4 is 11.9 Å². The first kappa shape index (κ1) is 13.4. The minimum Gasteiger partial charge on any atom is -0.480 e. The van der Waals surface area contributed by atoms with Gasteiger partial charge >= 0.3 is 5.97 Å². The van der Waals surface area contributed by atoms with Crippen LogP contribution in [0.1, 0.15) is 21.5 Å². The summed E-state index contributed by atoms with van der Waals surface area (Å²) in [6.07, 6.45) is 0.351. The van der Waals surface area contributed by atoms with Gasteiger partial charge in [0.2, 0.25) is 0 Å². The van der Waals surface area contributed by atoms with Crippen LogP contribution in [0.4, 0.5) is 0 Å². The van der Waals surface area contributed by atoms with Crippen molar-refractivity contribution in [1.82, 2.24) is 4.90 Å². The number of nitrogens with zero attached hydrogens (tertiary/aromatic N) is 1. The minimum absolute atomic E-state index is 0.215. The first-order valence-corrected chi connectivity index (χ1v) is 6.82. The second-order valence-electron chi connectivity index (χ2n) is 5.13. The fourth-order valence-corrected chi connectivity index (χ4v) is 2.70. The summed E-state index contributed by atoms with van der Waals surface area (Å²) < 4.78 is 0. The number of carboxylic acid groups (broad SMARTS) is 1. The molecule has 0 bridgehead atoms. The molecule has 0 radical (unpaired) electrons. The lowest BCUT2D eigenvalue weighted by Gasteiger charge is -2.34. The zero-order valence-corrected chi connectivity index (χ0v) is 11.4. The van der Waals surface area contributed by atoms with E-state index in [9.17, 15) is 14.7 Å². The third kappa shape index (κ3) is 2.52. The van der Waals surface area contributed by atoms with Crippen LogP contribution < -0.4 is 0 Å². The Bertz CT molecular complexity index is 681. The molecule has 1 aliphatic heterocycles. The van der Waals surface area contributed by atoms with Gasteiger partial charge in [0, 0.05) is 18.5 Å². The molecule has 0 saturated carbocycles. The Labute approximate surface area is 122 Å². The van der Waals surface area contributed by atoms with Crippen molar-refractivity contribution < 1.29 is 14.7 Å². The number of hydrogen-bond donors (Lipinski definition) is 1. The number of carboxylic acids is 1. The third-order valence-electron chi connectivity index (χ3n) is 3.78.